The van der Waals surface area contributed by atoms with Gasteiger partial charge in [-0.25, -0.2) is 4.79 Å². The first-order chi connectivity index (χ1) is 13.3. The molecular weight excluding hydrogens is 407 g/mol. The van der Waals surface area contributed by atoms with Crippen molar-refractivity contribution in [3.05, 3.63) is 33.3 Å². The third kappa shape index (κ3) is 3.92. The molecule has 0 saturated carbocycles. The number of allylic oxidation sites excluding steroid dienone is 2. The van der Waals surface area contributed by atoms with Crippen LogP contribution in [0.25, 0.3) is 5.57 Å². The van der Waals surface area contributed by atoms with Crippen LogP contribution in [0.15, 0.2) is 12.1 Å². The molecule has 0 radical (unpaired) electrons. The number of hydrogen-bond donors (Lipinski definition) is 2. The van der Waals surface area contributed by atoms with Crippen LogP contribution in [-0.4, -0.2) is 47.9 Å². The largest absolute Gasteiger partial charge is 0.480 e. The van der Waals surface area contributed by atoms with Crippen LogP contribution in [-0.2, 0) is 20.7 Å². The highest BCUT2D eigenvalue weighted by Crippen LogP contribution is 2.57. The van der Waals surface area contributed by atoms with Gasteiger partial charge < -0.3 is 19.7 Å². The molecule has 152 valence electrons. The summed E-state index contributed by atoms with van der Waals surface area (Å²) < 4.78 is 10.3. The normalized spacial score (nSPS) is 21.6. The van der Waals surface area contributed by atoms with Crippen molar-refractivity contribution < 1.29 is 29.3 Å². The van der Waals surface area contributed by atoms with Gasteiger partial charge in [0, 0.05) is 17.4 Å². The lowest BCUT2D eigenvalue weighted by molar-refractivity contribution is -0.149. The summed E-state index contributed by atoms with van der Waals surface area (Å²) in [6.45, 7) is 0.864. The van der Waals surface area contributed by atoms with Crippen molar-refractivity contribution in [1.82, 2.24) is 0 Å². The zero-order valence-electron chi connectivity index (χ0n) is 15.5. The summed E-state index contributed by atoms with van der Waals surface area (Å²) in [5, 5.41) is 18.4. The topological polar surface area (TPSA) is 93.1 Å². The van der Waals surface area contributed by atoms with E-state index in [1.54, 1.807) is 12.1 Å². The van der Waals surface area contributed by atoms with Crippen LogP contribution >= 0.6 is 23.2 Å². The van der Waals surface area contributed by atoms with Crippen molar-refractivity contribution in [3.63, 3.8) is 0 Å². The molecule has 2 aliphatic rings. The number of esters is 1. The molecule has 0 amide bonds. The molecule has 1 aromatic carbocycles. The third-order valence-electron chi connectivity index (χ3n) is 5.45. The number of carbonyl (C=O) groups is 2. The summed E-state index contributed by atoms with van der Waals surface area (Å²) in [7, 11) is 0. The van der Waals surface area contributed by atoms with Gasteiger partial charge >= 0.3 is 5.97 Å². The van der Waals surface area contributed by atoms with E-state index in [0.717, 1.165) is 36.0 Å². The lowest BCUT2D eigenvalue weighted by Gasteiger charge is -2.32. The molecule has 8 heteroatoms. The van der Waals surface area contributed by atoms with Gasteiger partial charge in [0.2, 0.25) is 0 Å². The van der Waals surface area contributed by atoms with Crippen LogP contribution in [0.1, 0.15) is 37.3 Å². The highest BCUT2D eigenvalue weighted by atomic mass is 35.5. The summed E-state index contributed by atoms with van der Waals surface area (Å²) in [5.74, 6) is -0.346. The van der Waals surface area contributed by atoms with E-state index < -0.39 is 25.3 Å². The van der Waals surface area contributed by atoms with Crippen LogP contribution in [0.4, 0.5) is 0 Å². The molecule has 2 unspecified atom stereocenters. The van der Waals surface area contributed by atoms with Crippen LogP contribution < -0.4 is 4.74 Å². The molecule has 6 nitrogen and oxygen atoms in total. The van der Waals surface area contributed by atoms with Crippen LogP contribution in [0.3, 0.4) is 0 Å². The Morgan fingerprint density at radius 2 is 2.11 bits per heavy atom. The minimum absolute atomic E-state index is 0.0900. The number of carbonyl (C=O) groups excluding carboxylic acids is 2. The standard InChI is InChI=1S/C20H22Cl2O6/c1-2-20-4-3-12(24)6-14(20)17-11(7-20)5-15(18(21)19(17)22)27-10-16(26)28-9-13(25)8-23/h5-6,13,23,25H,2-4,7-10H2,1H3. The maximum absolute atomic E-state index is 12.0. The monoisotopic (exact) mass is 428 g/mol. The maximum Gasteiger partial charge on any atom is 0.344 e. The van der Waals surface area contributed by atoms with Crippen molar-refractivity contribution in [2.75, 3.05) is 19.8 Å². The molecule has 0 fully saturated rings. The van der Waals surface area contributed by atoms with E-state index in [9.17, 15) is 14.7 Å². The number of fused-ring (bicyclic) bond motifs is 3. The van der Waals surface area contributed by atoms with E-state index in [1.807, 2.05) is 0 Å². The molecule has 0 aromatic heterocycles. The summed E-state index contributed by atoms with van der Waals surface area (Å²) in [6.07, 6.45) is 3.46. The second kappa shape index (κ2) is 8.41. The van der Waals surface area contributed by atoms with Gasteiger partial charge in [-0.15, -0.1) is 0 Å². The maximum atomic E-state index is 12.0. The predicted molar refractivity (Wildman–Crippen MR) is 105 cm³/mol. The highest BCUT2D eigenvalue weighted by molar-refractivity contribution is 6.44. The first kappa shape index (κ1) is 21.1. The van der Waals surface area contributed by atoms with E-state index in [-0.39, 0.29) is 28.6 Å². The smallest absolute Gasteiger partial charge is 0.344 e. The second-order valence-corrected chi connectivity index (χ2v) is 7.94. The number of aliphatic hydroxyl groups excluding tert-OH is 2. The fraction of sp³-hybridized carbons (Fsp3) is 0.500. The van der Waals surface area contributed by atoms with E-state index in [4.69, 9.17) is 37.8 Å². The van der Waals surface area contributed by atoms with Gasteiger partial charge in [0.1, 0.15) is 23.5 Å². The van der Waals surface area contributed by atoms with Crippen molar-refractivity contribution in [2.45, 2.75) is 38.7 Å². The van der Waals surface area contributed by atoms with Crippen LogP contribution in [0.2, 0.25) is 10.0 Å². The molecule has 0 bridgehead atoms. The number of ketones is 1. The average Bonchev–Trinajstić information content (AvgIpc) is 3.01. The summed E-state index contributed by atoms with van der Waals surface area (Å²) >= 11 is 12.9. The Bertz CT molecular complexity index is 834. The Balaban J connectivity index is 1.82. The van der Waals surface area contributed by atoms with Crippen LogP contribution in [0.5, 0.6) is 5.75 Å². The molecule has 0 spiro atoms. The average molecular weight is 429 g/mol. The lowest BCUT2D eigenvalue weighted by Crippen LogP contribution is -2.24. The van der Waals surface area contributed by atoms with Crippen molar-refractivity contribution >= 4 is 40.5 Å². The zero-order chi connectivity index (χ0) is 20.5. The summed E-state index contributed by atoms with van der Waals surface area (Å²) in [5.41, 5.74) is 2.55. The molecular formula is C20H22Cl2O6. The Kier molecular flexibility index (Phi) is 6.34. The number of benzene rings is 1. The Morgan fingerprint density at radius 1 is 1.36 bits per heavy atom. The van der Waals surface area contributed by atoms with E-state index in [2.05, 4.69) is 6.92 Å². The van der Waals surface area contributed by atoms with E-state index >= 15 is 0 Å². The van der Waals surface area contributed by atoms with E-state index in [0.29, 0.717) is 11.4 Å². The van der Waals surface area contributed by atoms with Crippen molar-refractivity contribution in [2.24, 2.45) is 5.41 Å². The number of hydrogen-bond acceptors (Lipinski definition) is 6. The van der Waals surface area contributed by atoms with Gasteiger partial charge in [-0.05, 0) is 42.5 Å². The zero-order valence-corrected chi connectivity index (χ0v) is 17.0. The number of ether oxygens (including phenoxy) is 2. The molecule has 2 aliphatic carbocycles. The Labute approximate surface area is 173 Å². The molecule has 0 aliphatic heterocycles. The van der Waals surface area contributed by atoms with Crippen molar-refractivity contribution in [1.29, 1.82) is 0 Å². The molecule has 3 rings (SSSR count). The van der Waals surface area contributed by atoms with Crippen molar-refractivity contribution in [3.8, 4) is 5.75 Å². The highest BCUT2D eigenvalue weighted by Gasteiger charge is 2.44. The molecule has 0 saturated heterocycles. The Hall–Kier alpha value is -1.60. The van der Waals surface area contributed by atoms with Gasteiger partial charge in [-0.1, -0.05) is 30.1 Å². The molecule has 2 N–H and O–H groups in total. The molecule has 2 atom stereocenters. The first-order valence-electron chi connectivity index (χ1n) is 9.15. The number of aliphatic hydroxyl groups is 2. The number of rotatable bonds is 7. The fourth-order valence-corrected chi connectivity index (χ4v) is 4.39. The minimum atomic E-state index is -1.13. The molecule has 0 heterocycles. The third-order valence-corrected chi connectivity index (χ3v) is 6.30. The minimum Gasteiger partial charge on any atom is -0.480 e. The lowest BCUT2D eigenvalue weighted by atomic mass is 9.71. The second-order valence-electron chi connectivity index (χ2n) is 7.18. The summed E-state index contributed by atoms with van der Waals surface area (Å²) in [4.78, 5) is 23.7. The fourth-order valence-electron chi connectivity index (χ4n) is 3.87. The van der Waals surface area contributed by atoms with Gasteiger partial charge in [-0.3, -0.25) is 4.79 Å². The summed E-state index contributed by atoms with van der Waals surface area (Å²) in [6, 6.07) is 1.76. The van der Waals surface area contributed by atoms with E-state index in [1.165, 1.54) is 0 Å². The number of halogens is 2. The predicted octanol–water partition coefficient (Wildman–Crippen LogP) is 2.97. The van der Waals surface area contributed by atoms with Gasteiger partial charge in [0.25, 0.3) is 0 Å². The SMILES string of the molecule is CCC12CCC(=O)C=C1c1c(cc(OCC(=O)OCC(O)CO)c(Cl)c1Cl)C2. The van der Waals surface area contributed by atoms with Gasteiger partial charge in [0.05, 0.1) is 11.6 Å². The Morgan fingerprint density at radius 3 is 2.79 bits per heavy atom. The van der Waals surface area contributed by atoms with Crippen LogP contribution in [0, 0.1) is 5.41 Å². The first-order valence-corrected chi connectivity index (χ1v) is 9.90. The van der Waals surface area contributed by atoms with Gasteiger partial charge in [-0.2, -0.15) is 0 Å². The van der Waals surface area contributed by atoms with Gasteiger partial charge in [0.15, 0.2) is 12.4 Å². The molecule has 28 heavy (non-hydrogen) atoms. The molecule has 1 aromatic rings. The quantitative estimate of drug-likeness (QED) is 0.648.